The first-order valence-electron chi connectivity index (χ1n) is 12.0. The van der Waals surface area contributed by atoms with E-state index in [1.54, 1.807) is 11.5 Å². The minimum atomic E-state index is -0.0748. The second-order valence-corrected chi connectivity index (χ2v) is 9.77. The van der Waals surface area contributed by atoms with Crippen LogP contribution in [0.5, 0.6) is 11.5 Å². The Balaban J connectivity index is 1.40. The Bertz CT molecular complexity index is 1900. The number of allylic oxidation sites excluding steroid dienone is 1. The van der Waals surface area contributed by atoms with Crippen LogP contribution in [0, 0.1) is 0 Å². The highest BCUT2D eigenvalue weighted by Gasteiger charge is 2.15. The van der Waals surface area contributed by atoms with E-state index >= 15 is 0 Å². The lowest BCUT2D eigenvalue weighted by Crippen LogP contribution is -2.22. The van der Waals surface area contributed by atoms with Crippen LogP contribution in [0.2, 0.25) is 0 Å². The first-order chi connectivity index (χ1) is 18.2. The Hall–Kier alpha value is -4.42. The molecule has 0 aliphatic carbocycles. The van der Waals surface area contributed by atoms with Crippen molar-refractivity contribution in [2.24, 2.45) is 0 Å². The summed E-state index contributed by atoms with van der Waals surface area (Å²) in [6.45, 7) is 4.33. The fraction of sp³-hybridized carbons (Fsp3) is 0.0968. The Morgan fingerprint density at radius 1 is 1.00 bits per heavy atom. The average Bonchev–Trinajstić information content (AvgIpc) is 3.43. The van der Waals surface area contributed by atoms with E-state index in [1.807, 2.05) is 66.7 Å². The van der Waals surface area contributed by atoms with Gasteiger partial charge in [0, 0.05) is 5.56 Å². The fourth-order valence-corrected chi connectivity index (χ4v) is 5.71. The molecule has 0 spiro atoms. The van der Waals surface area contributed by atoms with Gasteiger partial charge in [0.25, 0.3) is 5.56 Å². The summed E-state index contributed by atoms with van der Waals surface area (Å²) in [6.07, 6.45) is 4.33. The standard InChI is InChI=1S/C31H24N2O3S/c1-3-9-22-16-20(18-28-30(34)33-26-15-7-6-14-25(26)32-31(33)37-28)17-27(35-2)29(22)36-19-23-12-8-11-21-10-4-5-13-24(21)23/h3-8,10-18H,1,9,19H2,2H3/b28-18-. The van der Waals surface area contributed by atoms with Crippen LogP contribution in [0.1, 0.15) is 16.7 Å². The predicted octanol–water partition coefficient (Wildman–Crippen LogP) is 5.93. The SMILES string of the molecule is C=CCc1cc(/C=c2\sc3nc4ccccc4n3c2=O)cc(OC)c1OCc1cccc2ccccc12. The number of methoxy groups -OCH3 is 1. The zero-order valence-corrected chi connectivity index (χ0v) is 21.1. The molecular weight excluding hydrogens is 480 g/mol. The number of ether oxygens (including phenoxy) is 2. The van der Waals surface area contributed by atoms with E-state index in [1.165, 1.54) is 16.7 Å². The van der Waals surface area contributed by atoms with Gasteiger partial charge in [-0.3, -0.25) is 4.79 Å². The number of rotatable bonds is 7. The molecule has 0 unspecified atom stereocenters. The largest absolute Gasteiger partial charge is 0.493 e. The van der Waals surface area contributed by atoms with E-state index in [0.717, 1.165) is 33.1 Å². The van der Waals surface area contributed by atoms with E-state index < -0.39 is 0 Å². The molecule has 0 radical (unpaired) electrons. The molecule has 182 valence electrons. The number of benzene rings is 4. The van der Waals surface area contributed by atoms with Crippen LogP contribution in [0.15, 0.2) is 96.3 Å². The first-order valence-corrected chi connectivity index (χ1v) is 12.8. The monoisotopic (exact) mass is 504 g/mol. The van der Waals surface area contributed by atoms with Gasteiger partial charge in [0.1, 0.15) is 6.61 Å². The van der Waals surface area contributed by atoms with Gasteiger partial charge in [-0.05, 0) is 58.7 Å². The van der Waals surface area contributed by atoms with Gasteiger partial charge in [0.2, 0.25) is 0 Å². The number of imidazole rings is 1. The number of para-hydroxylation sites is 2. The molecule has 0 aliphatic rings. The molecule has 4 aromatic carbocycles. The Morgan fingerprint density at radius 3 is 2.68 bits per heavy atom. The van der Waals surface area contributed by atoms with Crippen molar-refractivity contribution >= 4 is 44.2 Å². The van der Waals surface area contributed by atoms with Gasteiger partial charge < -0.3 is 9.47 Å². The maximum Gasteiger partial charge on any atom is 0.274 e. The minimum Gasteiger partial charge on any atom is -0.493 e. The summed E-state index contributed by atoms with van der Waals surface area (Å²) in [4.78, 5) is 18.5. The van der Waals surface area contributed by atoms with Crippen molar-refractivity contribution in [1.82, 2.24) is 9.38 Å². The highest BCUT2D eigenvalue weighted by Crippen LogP contribution is 2.35. The zero-order chi connectivity index (χ0) is 25.4. The summed E-state index contributed by atoms with van der Waals surface area (Å²) in [5, 5.41) is 2.34. The van der Waals surface area contributed by atoms with Gasteiger partial charge in [-0.2, -0.15) is 0 Å². The molecule has 0 N–H and O–H groups in total. The topological polar surface area (TPSA) is 52.8 Å². The first kappa shape index (κ1) is 23.0. The van der Waals surface area contributed by atoms with E-state index in [-0.39, 0.29) is 5.56 Å². The number of fused-ring (bicyclic) bond motifs is 4. The molecule has 0 fully saturated rings. The summed E-state index contributed by atoms with van der Waals surface area (Å²) in [5.41, 5.74) is 4.47. The van der Waals surface area contributed by atoms with Crippen molar-refractivity contribution in [3.63, 3.8) is 0 Å². The molecule has 2 aromatic heterocycles. The molecule has 6 rings (SSSR count). The third-order valence-electron chi connectivity index (χ3n) is 6.43. The smallest absolute Gasteiger partial charge is 0.274 e. The summed E-state index contributed by atoms with van der Waals surface area (Å²) in [7, 11) is 1.63. The number of hydrogen-bond acceptors (Lipinski definition) is 5. The highest BCUT2D eigenvalue weighted by molar-refractivity contribution is 7.15. The van der Waals surface area contributed by atoms with Crippen LogP contribution in [0.4, 0.5) is 0 Å². The average molecular weight is 505 g/mol. The lowest BCUT2D eigenvalue weighted by molar-refractivity contribution is 0.283. The molecular formula is C31H24N2O3S. The zero-order valence-electron chi connectivity index (χ0n) is 20.3. The molecule has 0 aliphatic heterocycles. The summed E-state index contributed by atoms with van der Waals surface area (Å²) >= 11 is 1.38. The molecule has 2 heterocycles. The normalized spacial score (nSPS) is 12.0. The Labute approximate surface area is 217 Å². The quantitative estimate of drug-likeness (QED) is 0.253. The summed E-state index contributed by atoms with van der Waals surface area (Å²) < 4.78 is 14.4. The van der Waals surface area contributed by atoms with Gasteiger partial charge >= 0.3 is 0 Å². The predicted molar refractivity (Wildman–Crippen MR) is 151 cm³/mol. The third kappa shape index (κ3) is 4.15. The van der Waals surface area contributed by atoms with Gasteiger partial charge in [-0.25, -0.2) is 9.38 Å². The van der Waals surface area contributed by atoms with Crippen molar-refractivity contribution in [2.75, 3.05) is 7.11 Å². The van der Waals surface area contributed by atoms with E-state index in [4.69, 9.17) is 9.47 Å². The number of aromatic nitrogens is 2. The van der Waals surface area contributed by atoms with Crippen molar-refractivity contribution in [2.45, 2.75) is 13.0 Å². The molecule has 0 amide bonds. The van der Waals surface area contributed by atoms with Gasteiger partial charge in [-0.15, -0.1) is 6.58 Å². The third-order valence-corrected chi connectivity index (χ3v) is 7.40. The molecule has 0 atom stereocenters. The van der Waals surface area contributed by atoms with Gasteiger partial charge in [0.05, 0.1) is 22.7 Å². The second-order valence-electron chi connectivity index (χ2n) is 8.77. The van der Waals surface area contributed by atoms with Crippen LogP contribution >= 0.6 is 11.3 Å². The summed E-state index contributed by atoms with van der Waals surface area (Å²) in [6, 6.07) is 26.1. The maximum absolute atomic E-state index is 13.2. The van der Waals surface area contributed by atoms with Crippen LogP contribution in [-0.2, 0) is 13.0 Å². The fourth-order valence-electron chi connectivity index (χ4n) is 4.72. The number of hydrogen-bond donors (Lipinski definition) is 0. The highest BCUT2D eigenvalue weighted by atomic mass is 32.1. The molecule has 6 heteroatoms. The van der Waals surface area contributed by atoms with Crippen LogP contribution in [0.25, 0.3) is 32.8 Å². The van der Waals surface area contributed by atoms with Crippen molar-refractivity contribution in [3.8, 4) is 11.5 Å². The van der Waals surface area contributed by atoms with Crippen molar-refractivity contribution in [3.05, 3.63) is 123 Å². The number of thiazole rings is 1. The van der Waals surface area contributed by atoms with Crippen LogP contribution in [0.3, 0.4) is 0 Å². The number of nitrogens with zero attached hydrogens (tertiary/aromatic N) is 2. The Morgan fingerprint density at radius 2 is 1.81 bits per heavy atom. The minimum absolute atomic E-state index is 0.0748. The van der Waals surface area contributed by atoms with E-state index in [2.05, 4.69) is 35.8 Å². The van der Waals surface area contributed by atoms with Crippen molar-refractivity contribution < 1.29 is 9.47 Å². The maximum atomic E-state index is 13.2. The van der Waals surface area contributed by atoms with Crippen molar-refractivity contribution in [1.29, 1.82) is 0 Å². The molecule has 0 saturated carbocycles. The Kier molecular flexibility index (Phi) is 5.94. The lowest BCUT2D eigenvalue weighted by atomic mass is 10.0. The molecule has 0 saturated heterocycles. The molecule has 6 aromatic rings. The van der Waals surface area contributed by atoms with Gasteiger partial charge in [-0.1, -0.05) is 72.0 Å². The van der Waals surface area contributed by atoms with E-state index in [0.29, 0.717) is 34.0 Å². The molecule has 0 bridgehead atoms. The second kappa shape index (κ2) is 9.56. The lowest BCUT2D eigenvalue weighted by Gasteiger charge is -2.16. The van der Waals surface area contributed by atoms with Gasteiger partial charge in [0.15, 0.2) is 16.5 Å². The molecule has 37 heavy (non-hydrogen) atoms. The summed E-state index contributed by atoms with van der Waals surface area (Å²) in [5.74, 6) is 1.30. The molecule has 5 nitrogen and oxygen atoms in total. The van der Waals surface area contributed by atoms with Crippen LogP contribution in [-0.4, -0.2) is 16.5 Å². The van der Waals surface area contributed by atoms with E-state index in [9.17, 15) is 4.79 Å². The van der Waals surface area contributed by atoms with Crippen LogP contribution < -0.4 is 19.6 Å².